The van der Waals surface area contributed by atoms with Gasteiger partial charge in [0.05, 0.1) is 25.0 Å². The summed E-state index contributed by atoms with van der Waals surface area (Å²) in [6.45, 7) is 2.70. The minimum atomic E-state index is -0.304. The van der Waals surface area contributed by atoms with Crippen molar-refractivity contribution in [3.8, 4) is 5.75 Å². The molecule has 1 aliphatic rings. The zero-order valence-corrected chi connectivity index (χ0v) is 16.0. The van der Waals surface area contributed by atoms with E-state index in [0.29, 0.717) is 15.8 Å². The van der Waals surface area contributed by atoms with E-state index in [9.17, 15) is 9.59 Å². The van der Waals surface area contributed by atoms with Crippen molar-refractivity contribution >= 4 is 46.3 Å². The first-order valence-electron chi connectivity index (χ1n) is 8.10. The standard InChI is InChI=1S/C18H21NO4S2/c1-3-4-11-23-16(20)9-10-19-17(21)15(25-18(19)24)12-13-5-7-14(22-2)8-6-13/h5-8,12H,3-4,9-11H2,1-2H3/b15-12-. The number of ether oxygens (including phenoxy) is 2. The van der Waals surface area contributed by atoms with Crippen LogP contribution < -0.4 is 4.74 Å². The third-order valence-corrected chi connectivity index (χ3v) is 4.97. The summed E-state index contributed by atoms with van der Waals surface area (Å²) in [6, 6.07) is 7.41. The van der Waals surface area contributed by atoms with Crippen LogP contribution in [-0.2, 0) is 14.3 Å². The SMILES string of the molecule is CCCCOC(=O)CCN1C(=O)/C(=C/c2ccc(OC)cc2)SC1=S. The van der Waals surface area contributed by atoms with Gasteiger partial charge in [0.1, 0.15) is 10.1 Å². The maximum Gasteiger partial charge on any atom is 0.307 e. The molecule has 2 rings (SSSR count). The Morgan fingerprint density at radius 3 is 2.68 bits per heavy atom. The van der Waals surface area contributed by atoms with E-state index >= 15 is 0 Å². The van der Waals surface area contributed by atoms with Crippen LogP contribution in [0.1, 0.15) is 31.7 Å². The molecule has 1 aromatic rings. The molecule has 1 aromatic carbocycles. The Bertz CT molecular complexity index is 670. The van der Waals surface area contributed by atoms with Crippen molar-refractivity contribution in [1.29, 1.82) is 0 Å². The van der Waals surface area contributed by atoms with E-state index in [1.165, 1.54) is 16.7 Å². The van der Waals surface area contributed by atoms with Gasteiger partial charge in [-0.15, -0.1) is 0 Å². The van der Waals surface area contributed by atoms with Crippen LogP contribution in [0.4, 0.5) is 0 Å². The van der Waals surface area contributed by atoms with Crippen molar-refractivity contribution in [2.75, 3.05) is 20.3 Å². The van der Waals surface area contributed by atoms with Crippen LogP contribution in [0.3, 0.4) is 0 Å². The number of thiocarbonyl (C=S) groups is 1. The normalized spacial score (nSPS) is 15.8. The molecule has 1 fully saturated rings. The molecule has 0 spiro atoms. The molecule has 0 radical (unpaired) electrons. The highest BCUT2D eigenvalue weighted by Gasteiger charge is 2.32. The molecule has 1 amide bonds. The number of benzene rings is 1. The van der Waals surface area contributed by atoms with Gasteiger partial charge < -0.3 is 9.47 Å². The van der Waals surface area contributed by atoms with Crippen LogP contribution in [0.5, 0.6) is 5.75 Å². The minimum Gasteiger partial charge on any atom is -0.497 e. The first-order valence-corrected chi connectivity index (χ1v) is 9.32. The zero-order valence-electron chi connectivity index (χ0n) is 14.3. The van der Waals surface area contributed by atoms with E-state index in [4.69, 9.17) is 21.7 Å². The van der Waals surface area contributed by atoms with Gasteiger partial charge in [0, 0.05) is 6.54 Å². The molecule has 134 valence electrons. The average Bonchev–Trinajstić information content (AvgIpc) is 2.87. The number of esters is 1. The number of carbonyl (C=O) groups excluding carboxylic acids is 2. The molecular weight excluding hydrogens is 358 g/mol. The highest BCUT2D eigenvalue weighted by atomic mass is 32.2. The van der Waals surface area contributed by atoms with E-state index in [2.05, 4.69) is 0 Å². The number of rotatable bonds is 8. The Hall–Kier alpha value is -1.86. The van der Waals surface area contributed by atoms with E-state index in [-0.39, 0.29) is 24.8 Å². The van der Waals surface area contributed by atoms with Gasteiger partial charge in [-0.25, -0.2) is 0 Å². The first kappa shape index (κ1) is 19.5. The first-order chi connectivity index (χ1) is 12.0. The second-order valence-electron chi connectivity index (χ2n) is 5.43. The van der Waals surface area contributed by atoms with Gasteiger partial charge in [-0.3, -0.25) is 14.5 Å². The molecule has 0 saturated carbocycles. The number of hydrogen-bond donors (Lipinski definition) is 0. The van der Waals surface area contributed by atoms with Crippen LogP contribution in [0.2, 0.25) is 0 Å². The third kappa shape index (κ3) is 5.57. The quantitative estimate of drug-likeness (QED) is 0.298. The van der Waals surface area contributed by atoms with Crippen LogP contribution in [0, 0.1) is 0 Å². The second kappa shape index (κ2) is 9.58. The molecule has 25 heavy (non-hydrogen) atoms. The van der Waals surface area contributed by atoms with Crippen molar-refractivity contribution in [1.82, 2.24) is 4.90 Å². The molecule has 0 N–H and O–H groups in total. The highest BCUT2D eigenvalue weighted by Crippen LogP contribution is 2.32. The van der Waals surface area contributed by atoms with Gasteiger partial charge in [0.15, 0.2) is 0 Å². The van der Waals surface area contributed by atoms with Gasteiger partial charge in [0.25, 0.3) is 5.91 Å². The van der Waals surface area contributed by atoms with Gasteiger partial charge in [-0.1, -0.05) is 49.5 Å². The summed E-state index contributed by atoms with van der Waals surface area (Å²) in [5.74, 6) is 0.278. The van der Waals surface area contributed by atoms with Crippen molar-refractivity contribution < 1.29 is 19.1 Å². The molecule has 5 nitrogen and oxygen atoms in total. The summed E-state index contributed by atoms with van der Waals surface area (Å²) in [7, 11) is 1.60. The number of carbonyl (C=O) groups is 2. The molecule has 0 unspecified atom stereocenters. The average molecular weight is 380 g/mol. The van der Waals surface area contributed by atoms with E-state index in [1.54, 1.807) is 13.2 Å². The Kier molecular flexibility index (Phi) is 7.46. The summed E-state index contributed by atoms with van der Waals surface area (Å²) in [5.41, 5.74) is 0.889. The van der Waals surface area contributed by atoms with Gasteiger partial charge >= 0.3 is 5.97 Å². The number of amides is 1. The Balaban J connectivity index is 1.94. The molecule has 0 aromatic heterocycles. The molecular formula is C18H21NO4S2. The molecule has 0 atom stereocenters. The Morgan fingerprint density at radius 2 is 2.04 bits per heavy atom. The summed E-state index contributed by atoms with van der Waals surface area (Å²) in [4.78, 5) is 26.2. The van der Waals surface area contributed by atoms with Crippen molar-refractivity contribution in [3.05, 3.63) is 34.7 Å². The maximum absolute atomic E-state index is 12.5. The smallest absolute Gasteiger partial charge is 0.307 e. The van der Waals surface area contributed by atoms with Crippen molar-refractivity contribution in [2.45, 2.75) is 26.2 Å². The lowest BCUT2D eigenvalue weighted by molar-refractivity contribution is -0.144. The summed E-state index contributed by atoms with van der Waals surface area (Å²) in [6.07, 6.45) is 3.75. The number of unbranched alkanes of at least 4 members (excludes halogenated alkanes) is 1. The fraction of sp³-hybridized carbons (Fsp3) is 0.389. The van der Waals surface area contributed by atoms with Gasteiger partial charge in [0.2, 0.25) is 0 Å². The number of hydrogen-bond acceptors (Lipinski definition) is 6. The fourth-order valence-corrected chi connectivity index (χ4v) is 3.46. The van der Waals surface area contributed by atoms with Gasteiger partial charge in [-0.05, 0) is 30.2 Å². The highest BCUT2D eigenvalue weighted by molar-refractivity contribution is 8.26. The maximum atomic E-state index is 12.5. The Labute approximate surface area is 157 Å². The summed E-state index contributed by atoms with van der Waals surface area (Å²) >= 11 is 6.51. The summed E-state index contributed by atoms with van der Waals surface area (Å²) < 4.78 is 10.7. The van der Waals surface area contributed by atoms with Gasteiger partial charge in [-0.2, -0.15) is 0 Å². The topological polar surface area (TPSA) is 55.8 Å². The van der Waals surface area contributed by atoms with E-state index in [0.717, 1.165) is 24.2 Å². The lowest BCUT2D eigenvalue weighted by Crippen LogP contribution is -2.30. The van der Waals surface area contributed by atoms with Crippen molar-refractivity contribution in [2.24, 2.45) is 0 Å². The van der Waals surface area contributed by atoms with Crippen LogP contribution in [-0.4, -0.2) is 41.4 Å². The van der Waals surface area contributed by atoms with Crippen LogP contribution in [0.15, 0.2) is 29.2 Å². The molecule has 1 heterocycles. The molecule has 1 saturated heterocycles. The number of thioether (sulfide) groups is 1. The van der Waals surface area contributed by atoms with Crippen LogP contribution in [0.25, 0.3) is 6.08 Å². The molecule has 7 heteroatoms. The Morgan fingerprint density at radius 1 is 1.32 bits per heavy atom. The minimum absolute atomic E-state index is 0.145. The third-order valence-electron chi connectivity index (χ3n) is 3.59. The fourth-order valence-electron chi connectivity index (χ4n) is 2.15. The van der Waals surface area contributed by atoms with Crippen LogP contribution >= 0.6 is 24.0 Å². The predicted octanol–water partition coefficient (Wildman–Crippen LogP) is 3.63. The monoisotopic (exact) mass is 379 g/mol. The molecule has 0 bridgehead atoms. The van der Waals surface area contributed by atoms with E-state index in [1.807, 2.05) is 31.2 Å². The second-order valence-corrected chi connectivity index (χ2v) is 7.11. The molecule has 1 aliphatic heterocycles. The number of nitrogens with zero attached hydrogens (tertiary/aromatic N) is 1. The zero-order chi connectivity index (χ0) is 18.2. The lowest BCUT2D eigenvalue weighted by Gasteiger charge is -2.13. The predicted molar refractivity (Wildman–Crippen MR) is 103 cm³/mol. The van der Waals surface area contributed by atoms with E-state index < -0.39 is 0 Å². The number of methoxy groups -OCH3 is 1. The van der Waals surface area contributed by atoms with Crippen molar-refractivity contribution in [3.63, 3.8) is 0 Å². The lowest BCUT2D eigenvalue weighted by atomic mass is 10.2. The molecule has 0 aliphatic carbocycles. The largest absolute Gasteiger partial charge is 0.497 e. The summed E-state index contributed by atoms with van der Waals surface area (Å²) in [5, 5.41) is 0.